The van der Waals surface area contributed by atoms with E-state index in [0.717, 1.165) is 13.8 Å². The first-order valence-electron chi connectivity index (χ1n) is 14.6. The Balaban J connectivity index is 2.16. The molecule has 11 nitrogen and oxygen atoms in total. The molecule has 1 aromatic rings. The molecule has 10 atom stereocenters. The van der Waals surface area contributed by atoms with Crippen molar-refractivity contribution >= 4 is 29.7 Å². The van der Waals surface area contributed by atoms with E-state index < -0.39 is 94.9 Å². The third-order valence-corrected chi connectivity index (χ3v) is 9.42. The van der Waals surface area contributed by atoms with Crippen molar-refractivity contribution in [3.05, 3.63) is 60.2 Å². The number of rotatable bonds is 7. The summed E-state index contributed by atoms with van der Waals surface area (Å²) in [5, 5.41) is 23.3. The van der Waals surface area contributed by atoms with E-state index in [1.807, 2.05) is 0 Å². The number of carbonyl (C=O) groups excluding carboxylic acids is 5. The molecule has 0 amide bonds. The summed E-state index contributed by atoms with van der Waals surface area (Å²) in [6, 6.07) is 7.94. The normalized spacial score (nSPS) is 37.5. The zero-order valence-electron chi connectivity index (χ0n) is 25.8. The molecule has 238 valence electrons. The van der Waals surface area contributed by atoms with Crippen molar-refractivity contribution in [3.63, 3.8) is 0 Å². The average Bonchev–Trinajstić information content (AvgIpc) is 3.18. The standard InChI is InChI=1S/C33H40O11/c1-17(2)23-13-14-24(38)32(16-34)27(23)31(7,43-20(5)36)30(40)33(44-21(6)37)15-18(3)26(41-19(4)35)25(33)28(32)42-29(39)22-11-9-8-10-12-22/h8-14,18,23-28,34,38H,1,15-16H2,2-7H3. The van der Waals surface area contributed by atoms with Gasteiger partial charge in [0.15, 0.2) is 11.2 Å². The number of benzene rings is 1. The Morgan fingerprint density at radius 2 is 1.57 bits per heavy atom. The van der Waals surface area contributed by atoms with E-state index in [9.17, 15) is 29.4 Å². The van der Waals surface area contributed by atoms with Gasteiger partial charge in [0.1, 0.15) is 12.2 Å². The molecule has 3 aliphatic carbocycles. The van der Waals surface area contributed by atoms with Crippen LogP contribution in [0.5, 0.6) is 0 Å². The summed E-state index contributed by atoms with van der Waals surface area (Å²) in [5.41, 5.74) is -5.68. The highest BCUT2D eigenvalue weighted by Crippen LogP contribution is 2.63. The number of hydrogen-bond donors (Lipinski definition) is 2. The average molecular weight is 613 g/mol. The quantitative estimate of drug-likeness (QED) is 0.264. The molecule has 0 aromatic heterocycles. The van der Waals surface area contributed by atoms with Crippen LogP contribution in [0, 0.1) is 29.1 Å². The van der Waals surface area contributed by atoms with E-state index in [2.05, 4.69) is 6.58 Å². The predicted octanol–water partition coefficient (Wildman–Crippen LogP) is 2.72. The predicted molar refractivity (Wildman–Crippen MR) is 155 cm³/mol. The summed E-state index contributed by atoms with van der Waals surface area (Å²) in [4.78, 5) is 67.0. The summed E-state index contributed by atoms with van der Waals surface area (Å²) in [6.07, 6.45) is -1.57. The van der Waals surface area contributed by atoms with Gasteiger partial charge in [-0.25, -0.2) is 4.79 Å². The van der Waals surface area contributed by atoms with Gasteiger partial charge >= 0.3 is 23.9 Å². The highest BCUT2D eigenvalue weighted by molar-refractivity contribution is 5.99. The second-order valence-corrected chi connectivity index (χ2v) is 12.4. The van der Waals surface area contributed by atoms with Crippen LogP contribution in [0.25, 0.3) is 0 Å². The van der Waals surface area contributed by atoms with Crippen LogP contribution in [0.2, 0.25) is 0 Å². The van der Waals surface area contributed by atoms with Crippen molar-refractivity contribution in [1.29, 1.82) is 0 Å². The Kier molecular flexibility index (Phi) is 8.97. The first-order chi connectivity index (χ1) is 20.6. The minimum atomic E-state index is -2.17. The molecule has 10 unspecified atom stereocenters. The number of fused-ring (bicyclic) bond motifs is 2. The largest absolute Gasteiger partial charge is 0.462 e. The molecule has 2 fully saturated rings. The van der Waals surface area contributed by atoms with Crippen molar-refractivity contribution in [2.75, 3.05) is 6.61 Å². The highest BCUT2D eigenvalue weighted by atomic mass is 16.6. The molecule has 0 bridgehead atoms. The lowest BCUT2D eigenvalue weighted by Gasteiger charge is -2.55. The summed E-state index contributed by atoms with van der Waals surface area (Å²) in [5.74, 6) is -8.30. The van der Waals surface area contributed by atoms with E-state index in [4.69, 9.17) is 18.9 Å². The highest BCUT2D eigenvalue weighted by Gasteiger charge is 2.78. The van der Waals surface area contributed by atoms with E-state index >= 15 is 4.79 Å². The van der Waals surface area contributed by atoms with Crippen LogP contribution in [-0.2, 0) is 38.1 Å². The van der Waals surface area contributed by atoms with Gasteiger partial charge in [-0.2, -0.15) is 0 Å². The molecular weight excluding hydrogens is 572 g/mol. The van der Waals surface area contributed by atoms with E-state index in [1.54, 1.807) is 38.1 Å². The first kappa shape index (κ1) is 33.1. The zero-order chi connectivity index (χ0) is 32.8. The zero-order valence-corrected chi connectivity index (χ0v) is 25.8. The third-order valence-electron chi connectivity index (χ3n) is 9.42. The minimum Gasteiger partial charge on any atom is -0.462 e. The van der Waals surface area contributed by atoms with Crippen LogP contribution >= 0.6 is 0 Å². The van der Waals surface area contributed by atoms with Gasteiger partial charge in [-0.15, -0.1) is 0 Å². The fourth-order valence-corrected chi connectivity index (χ4v) is 8.01. The van der Waals surface area contributed by atoms with Crippen molar-refractivity contribution in [1.82, 2.24) is 0 Å². The summed E-state index contributed by atoms with van der Waals surface area (Å²) in [6.45, 7) is 11.3. The number of allylic oxidation sites excluding steroid dienone is 2. The number of Topliss-reactive ketones (excluding diaryl/α,β-unsaturated/α-hetero) is 1. The summed E-state index contributed by atoms with van der Waals surface area (Å²) >= 11 is 0. The number of aliphatic hydroxyl groups excluding tert-OH is 2. The maximum absolute atomic E-state index is 15.2. The molecule has 4 rings (SSSR count). The molecule has 1 aromatic carbocycles. The molecule has 44 heavy (non-hydrogen) atoms. The number of hydrogen-bond acceptors (Lipinski definition) is 11. The van der Waals surface area contributed by atoms with Crippen LogP contribution in [-0.4, -0.2) is 76.0 Å². The van der Waals surface area contributed by atoms with Gasteiger partial charge in [0.25, 0.3) is 0 Å². The molecule has 2 saturated carbocycles. The SMILES string of the molecule is C=C(C)C1C=CC(O)C2(CO)C(OC(=O)c3ccccc3)C3C(OC(C)=O)C(C)CC3(OC(C)=O)C(=O)C(C)(OC(C)=O)C12. The molecule has 0 aliphatic heterocycles. The monoisotopic (exact) mass is 612 g/mol. The molecular formula is C33H40O11. The summed E-state index contributed by atoms with van der Waals surface area (Å²) in [7, 11) is 0. The number of ether oxygens (including phenoxy) is 4. The van der Waals surface area contributed by atoms with Crippen LogP contribution < -0.4 is 0 Å². The van der Waals surface area contributed by atoms with Gasteiger partial charge < -0.3 is 29.2 Å². The smallest absolute Gasteiger partial charge is 0.338 e. The van der Waals surface area contributed by atoms with Gasteiger partial charge in [-0.3, -0.25) is 19.2 Å². The number of esters is 4. The molecule has 0 saturated heterocycles. The Bertz CT molecular complexity index is 1380. The molecule has 0 heterocycles. The van der Waals surface area contributed by atoms with Crippen LogP contribution in [0.1, 0.15) is 58.3 Å². The Hall–Kier alpha value is -3.83. The molecule has 2 N–H and O–H groups in total. The summed E-state index contributed by atoms with van der Waals surface area (Å²) < 4.78 is 23.8. The fraction of sp³-hybridized carbons (Fsp3) is 0.545. The van der Waals surface area contributed by atoms with E-state index in [-0.39, 0.29) is 12.0 Å². The Morgan fingerprint density at radius 3 is 2.09 bits per heavy atom. The van der Waals surface area contributed by atoms with Gasteiger partial charge in [0, 0.05) is 39.0 Å². The molecule has 0 radical (unpaired) electrons. The maximum atomic E-state index is 15.2. The van der Waals surface area contributed by atoms with Crippen molar-refractivity contribution < 1.29 is 53.1 Å². The number of ketones is 1. The molecule has 0 spiro atoms. The number of carbonyl (C=O) groups is 5. The van der Waals surface area contributed by atoms with Crippen molar-refractivity contribution in [2.24, 2.45) is 29.1 Å². The number of aliphatic hydroxyl groups is 2. The van der Waals surface area contributed by atoms with Crippen molar-refractivity contribution in [2.45, 2.75) is 77.5 Å². The first-order valence-corrected chi connectivity index (χ1v) is 14.6. The minimum absolute atomic E-state index is 0.126. The lowest BCUT2D eigenvalue weighted by molar-refractivity contribution is -0.207. The lowest BCUT2D eigenvalue weighted by atomic mass is 9.53. The third kappa shape index (κ3) is 5.15. The Morgan fingerprint density at radius 1 is 0.955 bits per heavy atom. The molecule has 3 aliphatic rings. The van der Waals surface area contributed by atoms with Crippen LogP contribution in [0.4, 0.5) is 0 Å². The van der Waals surface area contributed by atoms with Gasteiger partial charge in [0.2, 0.25) is 5.78 Å². The van der Waals surface area contributed by atoms with Gasteiger partial charge in [-0.05, 0) is 31.9 Å². The fourth-order valence-electron chi connectivity index (χ4n) is 8.01. The van der Waals surface area contributed by atoms with Gasteiger partial charge in [0.05, 0.1) is 29.6 Å². The Labute approximate surface area is 256 Å². The second kappa shape index (κ2) is 11.9. The second-order valence-electron chi connectivity index (χ2n) is 12.4. The molecule has 11 heteroatoms. The van der Waals surface area contributed by atoms with Crippen molar-refractivity contribution in [3.8, 4) is 0 Å². The van der Waals surface area contributed by atoms with E-state index in [1.165, 1.54) is 32.1 Å². The van der Waals surface area contributed by atoms with Crippen LogP contribution in [0.3, 0.4) is 0 Å². The lowest BCUT2D eigenvalue weighted by Crippen LogP contribution is -2.65. The topological polar surface area (TPSA) is 163 Å². The van der Waals surface area contributed by atoms with Gasteiger partial charge in [-0.1, -0.05) is 49.4 Å². The maximum Gasteiger partial charge on any atom is 0.338 e. The van der Waals surface area contributed by atoms with E-state index in [0.29, 0.717) is 5.57 Å². The van der Waals surface area contributed by atoms with Crippen LogP contribution in [0.15, 0.2) is 54.6 Å².